The number of nitrogens with zero attached hydrogens (tertiary/aromatic N) is 2. The monoisotopic (exact) mass is 254 g/mol. The molecule has 0 spiro atoms. The molecule has 0 saturated carbocycles. The van der Waals surface area contributed by atoms with Crippen molar-refractivity contribution in [3.63, 3.8) is 0 Å². The van der Waals surface area contributed by atoms with Gasteiger partial charge in [-0.2, -0.15) is 0 Å². The Morgan fingerprint density at radius 3 is 2.94 bits per heavy atom. The van der Waals surface area contributed by atoms with Crippen LogP contribution in [-0.4, -0.2) is 67.6 Å². The van der Waals surface area contributed by atoms with E-state index >= 15 is 0 Å². The fraction of sp³-hybridized carbons (Fsp3) is 0.833. The molecule has 2 fully saturated rings. The van der Waals surface area contributed by atoms with E-state index in [1.54, 1.807) is 0 Å². The Labute approximate surface area is 108 Å². The number of likely N-dealkylation sites (N-methyl/N-ethyl adjacent to an activating group) is 1. The summed E-state index contributed by atoms with van der Waals surface area (Å²) in [5, 5.41) is 5.83. The third-order valence-electron chi connectivity index (χ3n) is 3.69. The van der Waals surface area contributed by atoms with E-state index in [1.807, 2.05) is 7.05 Å². The van der Waals surface area contributed by atoms with Crippen LogP contribution < -0.4 is 10.6 Å². The summed E-state index contributed by atoms with van der Waals surface area (Å²) in [5.74, 6) is -0.0759. The van der Waals surface area contributed by atoms with Crippen molar-refractivity contribution in [2.45, 2.75) is 25.3 Å². The van der Waals surface area contributed by atoms with Gasteiger partial charge in [0.15, 0.2) is 0 Å². The minimum atomic E-state index is -0.248. The third-order valence-corrected chi connectivity index (χ3v) is 3.69. The maximum absolute atomic E-state index is 12.1. The molecule has 6 heteroatoms. The van der Waals surface area contributed by atoms with Gasteiger partial charge in [0.1, 0.15) is 0 Å². The molecule has 1 unspecified atom stereocenters. The number of imide groups is 1. The molecule has 102 valence electrons. The number of likely N-dealkylation sites (tertiary alicyclic amines) is 1. The summed E-state index contributed by atoms with van der Waals surface area (Å²) in [7, 11) is 1.93. The van der Waals surface area contributed by atoms with Crippen molar-refractivity contribution in [1.29, 1.82) is 0 Å². The van der Waals surface area contributed by atoms with Crippen molar-refractivity contribution >= 4 is 11.9 Å². The van der Waals surface area contributed by atoms with E-state index in [2.05, 4.69) is 15.5 Å². The second-order valence-corrected chi connectivity index (χ2v) is 4.96. The number of piperidine rings is 1. The minimum Gasteiger partial charge on any atom is -0.336 e. The number of carbonyl (C=O) groups excluding carboxylic acids is 2. The summed E-state index contributed by atoms with van der Waals surface area (Å²) in [6.45, 7) is 3.29. The lowest BCUT2D eigenvalue weighted by Gasteiger charge is -2.35. The van der Waals surface area contributed by atoms with Gasteiger partial charge in [-0.1, -0.05) is 6.42 Å². The van der Waals surface area contributed by atoms with Crippen LogP contribution in [0.15, 0.2) is 0 Å². The molecule has 0 radical (unpaired) electrons. The summed E-state index contributed by atoms with van der Waals surface area (Å²) in [6, 6.07) is 0.167. The maximum Gasteiger partial charge on any atom is 0.324 e. The normalized spacial score (nSPS) is 25.3. The second-order valence-electron chi connectivity index (χ2n) is 4.96. The molecule has 0 aromatic carbocycles. The first-order valence-corrected chi connectivity index (χ1v) is 6.69. The Hall–Kier alpha value is -1.14. The van der Waals surface area contributed by atoms with Crippen LogP contribution >= 0.6 is 0 Å². The summed E-state index contributed by atoms with van der Waals surface area (Å²) in [4.78, 5) is 27.0. The number of hydrogen-bond donors (Lipinski definition) is 2. The van der Waals surface area contributed by atoms with E-state index in [0.29, 0.717) is 25.7 Å². The maximum atomic E-state index is 12.1. The van der Waals surface area contributed by atoms with Gasteiger partial charge in [0.2, 0.25) is 5.91 Å². The zero-order chi connectivity index (χ0) is 13.0. The van der Waals surface area contributed by atoms with E-state index in [1.165, 1.54) is 11.3 Å². The molecule has 18 heavy (non-hydrogen) atoms. The quantitative estimate of drug-likeness (QED) is 0.717. The number of rotatable bonds is 4. The Balaban J connectivity index is 1.89. The van der Waals surface area contributed by atoms with E-state index in [9.17, 15) is 9.59 Å². The standard InChI is InChI=1S/C12H22N4O2/c1-13-8-10-4-2-3-6-15(10)9-11(17)16-7-5-14-12(16)18/h10,13H,2-9H2,1H3,(H,14,18). The molecule has 3 amide bonds. The number of carbonyl (C=O) groups is 2. The molecule has 6 nitrogen and oxygen atoms in total. The van der Waals surface area contributed by atoms with Crippen LogP contribution in [0.1, 0.15) is 19.3 Å². The molecule has 0 aromatic rings. The number of hydrogen-bond acceptors (Lipinski definition) is 4. The molecule has 0 aliphatic carbocycles. The third kappa shape index (κ3) is 3.00. The lowest BCUT2D eigenvalue weighted by Crippen LogP contribution is -2.50. The Kier molecular flexibility index (Phi) is 4.54. The van der Waals surface area contributed by atoms with Gasteiger partial charge in [0.25, 0.3) is 0 Å². The number of urea groups is 1. The van der Waals surface area contributed by atoms with Crippen LogP contribution in [-0.2, 0) is 4.79 Å². The Morgan fingerprint density at radius 2 is 2.28 bits per heavy atom. The van der Waals surface area contributed by atoms with Crippen molar-refractivity contribution in [1.82, 2.24) is 20.4 Å². The van der Waals surface area contributed by atoms with Crippen LogP contribution in [0.4, 0.5) is 4.79 Å². The molecule has 0 aromatic heterocycles. The van der Waals surface area contributed by atoms with E-state index in [4.69, 9.17) is 0 Å². The Morgan fingerprint density at radius 1 is 1.44 bits per heavy atom. The first-order chi connectivity index (χ1) is 8.72. The predicted molar refractivity (Wildman–Crippen MR) is 68.3 cm³/mol. The van der Waals surface area contributed by atoms with Crippen LogP contribution in [0.2, 0.25) is 0 Å². The summed E-state index contributed by atoms with van der Waals surface area (Å²) in [5.41, 5.74) is 0. The fourth-order valence-electron chi connectivity index (χ4n) is 2.70. The summed E-state index contributed by atoms with van der Waals surface area (Å²) < 4.78 is 0. The topological polar surface area (TPSA) is 64.7 Å². The van der Waals surface area contributed by atoms with Crippen LogP contribution in [0, 0.1) is 0 Å². The largest absolute Gasteiger partial charge is 0.336 e. The van der Waals surface area contributed by atoms with Crippen molar-refractivity contribution in [2.24, 2.45) is 0 Å². The van der Waals surface area contributed by atoms with Gasteiger partial charge < -0.3 is 10.6 Å². The molecule has 2 heterocycles. The highest BCUT2D eigenvalue weighted by Gasteiger charge is 2.30. The molecule has 1 atom stereocenters. The number of nitrogens with one attached hydrogen (secondary N) is 2. The van der Waals surface area contributed by atoms with Gasteiger partial charge in [-0.3, -0.25) is 14.6 Å². The molecular formula is C12H22N4O2. The highest BCUT2D eigenvalue weighted by Crippen LogP contribution is 2.16. The summed E-state index contributed by atoms with van der Waals surface area (Å²) in [6.07, 6.45) is 3.49. The van der Waals surface area contributed by atoms with Gasteiger partial charge in [-0.25, -0.2) is 4.79 Å². The molecule has 2 rings (SSSR count). The highest BCUT2D eigenvalue weighted by molar-refractivity contribution is 5.96. The fourth-order valence-corrected chi connectivity index (χ4v) is 2.70. The lowest BCUT2D eigenvalue weighted by atomic mass is 10.0. The smallest absolute Gasteiger partial charge is 0.324 e. The molecular weight excluding hydrogens is 232 g/mol. The van der Waals surface area contributed by atoms with Gasteiger partial charge >= 0.3 is 6.03 Å². The van der Waals surface area contributed by atoms with Crippen molar-refractivity contribution in [3.05, 3.63) is 0 Å². The van der Waals surface area contributed by atoms with Crippen molar-refractivity contribution in [3.8, 4) is 0 Å². The first kappa shape index (κ1) is 13.3. The second kappa shape index (κ2) is 6.15. The summed E-state index contributed by atoms with van der Waals surface area (Å²) >= 11 is 0. The van der Waals surface area contributed by atoms with Crippen LogP contribution in [0.5, 0.6) is 0 Å². The molecule has 2 N–H and O–H groups in total. The van der Waals surface area contributed by atoms with E-state index in [0.717, 1.165) is 25.9 Å². The Bertz CT molecular complexity index is 319. The van der Waals surface area contributed by atoms with Crippen molar-refractivity contribution < 1.29 is 9.59 Å². The first-order valence-electron chi connectivity index (χ1n) is 6.69. The minimum absolute atomic E-state index is 0.0759. The molecule has 2 saturated heterocycles. The van der Waals surface area contributed by atoms with Gasteiger partial charge in [0.05, 0.1) is 6.54 Å². The lowest BCUT2D eigenvalue weighted by molar-refractivity contribution is -0.129. The predicted octanol–water partition coefficient (Wildman–Crippen LogP) is -0.388. The van der Waals surface area contributed by atoms with Gasteiger partial charge in [0, 0.05) is 25.7 Å². The average Bonchev–Trinajstić information content (AvgIpc) is 2.78. The van der Waals surface area contributed by atoms with Gasteiger partial charge in [-0.05, 0) is 26.4 Å². The van der Waals surface area contributed by atoms with Crippen LogP contribution in [0.3, 0.4) is 0 Å². The molecule has 2 aliphatic heterocycles. The van der Waals surface area contributed by atoms with Gasteiger partial charge in [-0.15, -0.1) is 0 Å². The highest BCUT2D eigenvalue weighted by atomic mass is 16.2. The van der Waals surface area contributed by atoms with E-state index < -0.39 is 0 Å². The van der Waals surface area contributed by atoms with E-state index in [-0.39, 0.29) is 11.9 Å². The number of amides is 3. The van der Waals surface area contributed by atoms with Crippen LogP contribution in [0.25, 0.3) is 0 Å². The zero-order valence-corrected chi connectivity index (χ0v) is 10.9. The molecule has 0 bridgehead atoms. The van der Waals surface area contributed by atoms with Crippen molar-refractivity contribution in [2.75, 3.05) is 39.8 Å². The zero-order valence-electron chi connectivity index (χ0n) is 10.9. The SMILES string of the molecule is CNCC1CCCCN1CC(=O)N1CCNC1=O. The average molecular weight is 254 g/mol. The molecule has 2 aliphatic rings.